The van der Waals surface area contributed by atoms with Crippen LogP contribution in [0.4, 0.5) is 4.79 Å². The lowest BCUT2D eigenvalue weighted by Gasteiger charge is -2.28. The fourth-order valence-electron chi connectivity index (χ4n) is 2.04. The Morgan fingerprint density at radius 1 is 1.20 bits per heavy atom. The highest BCUT2D eigenvalue weighted by molar-refractivity contribution is 6.01. The third-order valence-electron chi connectivity index (χ3n) is 3.04. The van der Waals surface area contributed by atoms with Crippen molar-refractivity contribution in [2.24, 2.45) is 17.8 Å². The molecular formula is C11H20N2O2. The highest BCUT2D eigenvalue weighted by Crippen LogP contribution is 2.22. The first kappa shape index (κ1) is 12.0. The normalized spacial score (nSPS) is 17.1. The van der Waals surface area contributed by atoms with Gasteiger partial charge in [0.2, 0.25) is 5.91 Å². The Hall–Kier alpha value is -1.06. The van der Waals surface area contributed by atoms with Crippen molar-refractivity contribution in [1.82, 2.24) is 10.2 Å². The molecule has 0 radical (unpaired) electrons. The Morgan fingerprint density at radius 2 is 1.73 bits per heavy atom. The largest absolute Gasteiger partial charge is 0.329 e. The fraction of sp³-hybridized carbons (Fsp3) is 0.818. The van der Waals surface area contributed by atoms with Crippen LogP contribution in [0.15, 0.2) is 0 Å². The minimum absolute atomic E-state index is 0.105. The average Bonchev–Trinajstić information content (AvgIpc) is 2.42. The second-order valence-electron chi connectivity index (χ2n) is 4.81. The molecule has 86 valence electrons. The second kappa shape index (κ2) is 4.64. The number of carbonyl (C=O) groups is 2. The van der Waals surface area contributed by atoms with Gasteiger partial charge in [-0.05, 0) is 17.8 Å². The lowest BCUT2D eigenvalue weighted by molar-refractivity contribution is -0.125. The molecule has 0 aliphatic carbocycles. The molecule has 0 atom stereocenters. The molecule has 0 aromatic rings. The van der Waals surface area contributed by atoms with Crippen molar-refractivity contribution >= 4 is 11.9 Å². The van der Waals surface area contributed by atoms with Gasteiger partial charge in [-0.25, -0.2) is 4.79 Å². The Labute approximate surface area is 91.0 Å². The number of urea groups is 1. The minimum Gasteiger partial charge on any atom is -0.329 e. The maximum Gasteiger partial charge on any atom is 0.324 e. The van der Waals surface area contributed by atoms with E-state index in [2.05, 4.69) is 33.0 Å². The van der Waals surface area contributed by atoms with Crippen LogP contribution in [0.2, 0.25) is 0 Å². The van der Waals surface area contributed by atoms with Gasteiger partial charge in [0, 0.05) is 6.54 Å². The van der Waals surface area contributed by atoms with Gasteiger partial charge < -0.3 is 5.32 Å². The van der Waals surface area contributed by atoms with Gasteiger partial charge >= 0.3 is 6.03 Å². The molecule has 1 rings (SSSR count). The lowest BCUT2D eigenvalue weighted by Crippen LogP contribution is -2.38. The SMILES string of the molecule is CC(C)C(CN1C(=O)CNC1=O)C(C)C. The number of nitrogens with one attached hydrogen (secondary N) is 1. The highest BCUT2D eigenvalue weighted by Gasteiger charge is 2.32. The summed E-state index contributed by atoms with van der Waals surface area (Å²) in [5.41, 5.74) is 0. The van der Waals surface area contributed by atoms with Gasteiger partial charge in [-0.15, -0.1) is 0 Å². The second-order valence-corrected chi connectivity index (χ2v) is 4.81. The summed E-state index contributed by atoms with van der Waals surface area (Å²) in [6.45, 7) is 9.21. The van der Waals surface area contributed by atoms with Crippen LogP contribution in [0.5, 0.6) is 0 Å². The van der Waals surface area contributed by atoms with Crippen LogP contribution < -0.4 is 5.32 Å². The van der Waals surface area contributed by atoms with Gasteiger partial charge in [-0.3, -0.25) is 9.69 Å². The zero-order valence-corrected chi connectivity index (χ0v) is 9.91. The van der Waals surface area contributed by atoms with Crippen LogP contribution in [-0.2, 0) is 4.79 Å². The van der Waals surface area contributed by atoms with E-state index in [1.54, 1.807) is 0 Å². The molecule has 3 amide bonds. The Balaban J connectivity index is 2.65. The zero-order chi connectivity index (χ0) is 11.6. The van der Waals surface area contributed by atoms with E-state index in [0.29, 0.717) is 24.3 Å². The van der Waals surface area contributed by atoms with Crippen molar-refractivity contribution in [3.63, 3.8) is 0 Å². The third kappa shape index (κ3) is 2.70. The molecule has 1 fully saturated rings. The molecule has 15 heavy (non-hydrogen) atoms. The van der Waals surface area contributed by atoms with Gasteiger partial charge in [-0.1, -0.05) is 27.7 Å². The van der Waals surface area contributed by atoms with Crippen molar-refractivity contribution in [3.05, 3.63) is 0 Å². The summed E-state index contributed by atoms with van der Waals surface area (Å²) in [7, 11) is 0. The van der Waals surface area contributed by atoms with Crippen molar-refractivity contribution in [2.45, 2.75) is 27.7 Å². The number of carbonyl (C=O) groups excluding carboxylic acids is 2. The van der Waals surface area contributed by atoms with Crippen LogP contribution in [0, 0.1) is 17.8 Å². The van der Waals surface area contributed by atoms with Gasteiger partial charge in [0.05, 0.1) is 6.54 Å². The molecule has 1 aliphatic rings. The molecule has 4 heteroatoms. The van der Waals surface area contributed by atoms with E-state index >= 15 is 0 Å². The monoisotopic (exact) mass is 212 g/mol. The first-order valence-corrected chi connectivity index (χ1v) is 5.51. The van der Waals surface area contributed by atoms with E-state index in [1.807, 2.05) is 0 Å². The molecule has 0 spiro atoms. The van der Waals surface area contributed by atoms with Gasteiger partial charge in [0.15, 0.2) is 0 Å². The highest BCUT2D eigenvalue weighted by atomic mass is 16.2. The van der Waals surface area contributed by atoms with E-state index < -0.39 is 0 Å². The molecule has 4 nitrogen and oxygen atoms in total. The van der Waals surface area contributed by atoms with Gasteiger partial charge in [0.1, 0.15) is 0 Å². The molecule has 1 heterocycles. The van der Waals surface area contributed by atoms with Crippen LogP contribution in [0.25, 0.3) is 0 Å². The van der Waals surface area contributed by atoms with Crippen molar-refractivity contribution < 1.29 is 9.59 Å². The summed E-state index contributed by atoms with van der Waals surface area (Å²) in [5, 5.41) is 2.54. The zero-order valence-electron chi connectivity index (χ0n) is 9.91. The summed E-state index contributed by atoms with van der Waals surface area (Å²) >= 11 is 0. The number of amides is 3. The maximum absolute atomic E-state index is 11.4. The smallest absolute Gasteiger partial charge is 0.324 e. The van der Waals surface area contributed by atoms with Crippen molar-refractivity contribution in [2.75, 3.05) is 13.1 Å². The first-order chi connectivity index (χ1) is 6.93. The van der Waals surface area contributed by atoms with E-state index in [1.165, 1.54) is 4.90 Å². The number of hydrogen-bond acceptors (Lipinski definition) is 2. The molecular weight excluding hydrogens is 192 g/mol. The summed E-state index contributed by atoms with van der Waals surface area (Å²) in [4.78, 5) is 24.1. The topological polar surface area (TPSA) is 49.4 Å². The van der Waals surface area contributed by atoms with Crippen LogP contribution in [0.3, 0.4) is 0 Å². The number of imide groups is 1. The number of rotatable bonds is 4. The van der Waals surface area contributed by atoms with Crippen LogP contribution in [-0.4, -0.2) is 29.9 Å². The molecule has 1 N–H and O–H groups in total. The fourth-order valence-corrected chi connectivity index (χ4v) is 2.04. The average molecular weight is 212 g/mol. The van der Waals surface area contributed by atoms with Gasteiger partial charge in [0.25, 0.3) is 0 Å². The molecule has 0 saturated carbocycles. The summed E-state index contributed by atoms with van der Waals surface area (Å²) in [6, 6.07) is -0.244. The van der Waals surface area contributed by atoms with E-state index in [-0.39, 0.29) is 18.5 Å². The summed E-state index contributed by atoms with van der Waals surface area (Å²) < 4.78 is 0. The maximum atomic E-state index is 11.4. The van der Waals surface area contributed by atoms with E-state index in [9.17, 15) is 9.59 Å². The predicted octanol–water partition coefficient (Wildman–Crippen LogP) is 1.47. The minimum atomic E-state index is -0.244. The summed E-state index contributed by atoms with van der Waals surface area (Å²) in [6.07, 6.45) is 0. The van der Waals surface area contributed by atoms with Crippen molar-refractivity contribution in [3.8, 4) is 0 Å². The molecule has 1 saturated heterocycles. The predicted molar refractivity (Wildman–Crippen MR) is 58.3 cm³/mol. The van der Waals surface area contributed by atoms with Crippen LogP contribution in [0.1, 0.15) is 27.7 Å². The molecule has 0 aromatic heterocycles. The van der Waals surface area contributed by atoms with Crippen molar-refractivity contribution in [1.29, 1.82) is 0 Å². The Morgan fingerprint density at radius 3 is 2.07 bits per heavy atom. The first-order valence-electron chi connectivity index (χ1n) is 5.51. The molecule has 0 bridgehead atoms. The molecule has 0 aromatic carbocycles. The molecule has 1 aliphatic heterocycles. The van der Waals surface area contributed by atoms with Crippen LogP contribution >= 0.6 is 0 Å². The van der Waals surface area contributed by atoms with E-state index in [0.717, 1.165) is 0 Å². The van der Waals surface area contributed by atoms with E-state index in [4.69, 9.17) is 0 Å². The summed E-state index contributed by atoms with van der Waals surface area (Å²) in [5.74, 6) is 1.22. The Kier molecular flexibility index (Phi) is 3.72. The van der Waals surface area contributed by atoms with Gasteiger partial charge in [-0.2, -0.15) is 0 Å². The third-order valence-corrected chi connectivity index (χ3v) is 3.04. The quantitative estimate of drug-likeness (QED) is 0.717. The standard InChI is InChI=1S/C11H20N2O2/c1-7(2)9(8(3)4)6-13-10(14)5-12-11(13)15/h7-9H,5-6H2,1-4H3,(H,12,15). The Bertz CT molecular complexity index is 237. The number of hydrogen-bond donors (Lipinski definition) is 1. The number of nitrogens with zero attached hydrogens (tertiary/aromatic N) is 1. The molecule has 0 unspecified atom stereocenters. The lowest BCUT2D eigenvalue weighted by atomic mass is 9.85.